The SMILES string of the molecule is O=c1n(C(O)CCCl)c(=O)n(CC2CO2)n1CC1CO1. The fraction of sp³-hybridized carbons (Fsp3) is 0.818. The molecule has 20 heavy (non-hydrogen) atoms. The van der Waals surface area contributed by atoms with Gasteiger partial charge in [-0.05, 0) is 0 Å². The van der Waals surface area contributed by atoms with Crippen LogP contribution in [-0.2, 0) is 22.6 Å². The molecule has 2 fully saturated rings. The van der Waals surface area contributed by atoms with Crippen molar-refractivity contribution in [2.45, 2.75) is 37.9 Å². The fourth-order valence-corrected chi connectivity index (χ4v) is 2.30. The molecule has 0 spiro atoms. The standard InChI is InChI=1S/C11H16ClN3O5/c12-2-1-9(16)15-10(17)13(3-7-5-19-7)14(11(15)18)4-8-6-20-8/h7-9,16H,1-6H2. The Morgan fingerprint density at radius 2 is 1.60 bits per heavy atom. The zero-order valence-electron chi connectivity index (χ0n) is 10.8. The first-order valence-corrected chi connectivity index (χ1v) is 7.04. The van der Waals surface area contributed by atoms with Crippen molar-refractivity contribution < 1.29 is 14.6 Å². The molecular formula is C11H16ClN3O5. The van der Waals surface area contributed by atoms with Gasteiger partial charge in [-0.2, -0.15) is 0 Å². The van der Waals surface area contributed by atoms with Crippen LogP contribution in [0.5, 0.6) is 0 Å². The number of aliphatic hydroxyl groups excluding tert-OH is 1. The minimum atomic E-state index is -1.21. The summed E-state index contributed by atoms with van der Waals surface area (Å²) >= 11 is 5.56. The summed E-state index contributed by atoms with van der Waals surface area (Å²) in [6.45, 7) is 1.77. The maximum Gasteiger partial charge on any atom is 0.349 e. The summed E-state index contributed by atoms with van der Waals surface area (Å²) in [5.74, 6) is 0.162. The Morgan fingerprint density at radius 3 is 1.95 bits per heavy atom. The van der Waals surface area contributed by atoms with Gasteiger partial charge in [0.05, 0.1) is 26.3 Å². The largest absolute Gasteiger partial charge is 0.373 e. The Hall–Kier alpha value is -1.09. The molecule has 3 heterocycles. The molecule has 3 rings (SSSR count). The van der Waals surface area contributed by atoms with E-state index in [2.05, 4.69) is 0 Å². The molecule has 0 aliphatic carbocycles. The van der Waals surface area contributed by atoms with Gasteiger partial charge in [0.25, 0.3) is 0 Å². The number of aliphatic hydroxyl groups is 1. The van der Waals surface area contributed by atoms with Gasteiger partial charge < -0.3 is 14.6 Å². The van der Waals surface area contributed by atoms with Gasteiger partial charge in [0.1, 0.15) is 18.4 Å². The van der Waals surface area contributed by atoms with Gasteiger partial charge in [-0.15, -0.1) is 11.6 Å². The molecule has 2 saturated heterocycles. The molecule has 1 N–H and O–H groups in total. The monoisotopic (exact) mass is 305 g/mol. The lowest BCUT2D eigenvalue weighted by molar-refractivity contribution is 0.0927. The first kappa shape index (κ1) is 13.9. The van der Waals surface area contributed by atoms with Gasteiger partial charge in [0.2, 0.25) is 0 Å². The first-order chi connectivity index (χ1) is 9.61. The lowest BCUT2D eigenvalue weighted by atomic mass is 10.4. The number of ether oxygens (including phenoxy) is 2. The fourth-order valence-electron chi connectivity index (χ4n) is 2.10. The summed E-state index contributed by atoms with van der Waals surface area (Å²) in [6, 6.07) is 0. The van der Waals surface area contributed by atoms with E-state index in [1.807, 2.05) is 0 Å². The van der Waals surface area contributed by atoms with E-state index in [0.29, 0.717) is 26.3 Å². The first-order valence-electron chi connectivity index (χ1n) is 6.51. The van der Waals surface area contributed by atoms with Crippen molar-refractivity contribution in [1.29, 1.82) is 0 Å². The smallest absolute Gasteiger partial charge is 0.349 e. The third-order valence-corrected chi connectivity index (χ3v) is 3.59. The summed E-state index contributed by atoms with van der Waals surface area (Å²) in [4.78, 5) is 24.6. The number of hydrogen-bond donors (Lipinski definition) is 1. The van der Waals surface area contributed by atoms with Crippen molar-refractivity contribution in [2.75, 3.05) is 19.1 Å². The number of aromatic nitrogens is 3. The lowest BCUT2D eigenvalue weighted by Crippen LogP contribution is -2.33. The molecule has 3 unspecified atom stereocenters. The third-order valence-electron chi connectivity index (χ3n) is 3.37. The van der Waals surface area contributed by atoms with Gasteiger partial charge in [-0.25, -0.2) is 23.5 Å². The summed E-state index contributed by atoms with van der Waals surface area (Å²) < 4.78 is 13.7. The molecular weight excluding hydrogens is 290 g/mol. The molecule has 9 heteroatoms. The number of alkyl halides is 1. The van der Waals surface area contributed by atoms with E-state index in [1.165, 1.54) is 9.36 Å². The van der Waals surface area contributed by atoms with Gasteiger partial charge >= 0.3 is 11.4 Å². The van der Waals surface area contributed by atoms with Crippen LogP contribution >= 0.6 is 11.6 Å². The van der Waals surface area contributed by atoms with Crippen LogP contribution in [0.2, 0.25) is 0 Å². The molecule has 1 aromatic rings. The van der Waals surface area contributed by atoms with Crippen molar-refractivity contribution >= 4 is 11.6 Å². The van der Waals surface area contributed by atoms with Crippen molar-refractivity contribution in [2.24, 2.45) is 0 Å². The third kappa shape index (κ3) is 2.69. The molecule has 0 amide bonds. The van der Waals surface area contributed by atoms with Crippen molar-refractivity contribution in [3.63, 3.8) is 0 Å². The van der Waals surface area contributed by atoms with Crippen LogP contribution in [0.25, 0.3) is 0 Å². The minimum Gasteiger partial charge on any atom is -0.373 e. The molecule has 2 aliphatic heterocycles. The summed E-state index contributed by atoms with van der Waals surface area (Å²) in [6.07, 6.45) is -1.15. The van der Waals surface area contributed by atoms with Crippen LogP contribution in [-0.4, -0.2) is 50.3 Å². The molecule has 8 nitrogen and oxygen atoms in total. The van der Waals surface area contributed by atoms with Crippen molar-refractivity contribution in [3.8, 4) is 0 Å². The Kier molecular flexibility index (Phi) is 3.72. The van der Waals surface area contributed by atoms with Crippen LogP contribution in [0.4, 0.5) is 0 Å². The van der Waals surface area contributed by atoms with E-state index < -0.39 is 17.6 Å². The second-order valence-electron chi connectivity index (χ2n) is 4.97. The summed E-state index contributed by atoms with van der Waals surface area (Å²) in [7, 11) is 0. The Bertz CT molecular complexity index is 553. The number of hydrogen-bond acceptors (Lipinski definition) is 5. The summed E-state index contributed by atoms with van der Waals surface area (Å²) in [5.41, 5.74) is -1.08. The van der Waals surface area contributed by atoms with E-state index in [9.17, 15) is 14.7 Å². The van der Waals surface area contributed by atoms with Crippen LogP contribution < -0.4 is 11.4 Å². The molecule has 1 aromatic heterocycles. The zero-order chi connectivity index (χ0) is 14.3. The maximum atomic E-state index is 12.3. The molecule has 0 aromatic carbocycles. The van der Waals surface area contributed by atoms with E-state index >= 15 is 0 Å². The molecule has 0 radical (unpaired) electrons. The average Bonchev–Trinajstić information content (AvgIpc) is 3.27. The maximum absolute atomic E-state index is 12.3. The summed E-state index contributed by atoms with van der Waals surface area (Å²) in [5, 5.41) is 9.91. The van der Waals surface area contributed by atoms with E-state index in [1.54, 1.807) is 0 Å². The Labute approximate surface area is 119 Å². The Morgan fingerprint density at radius 1 is 1.15 bits per heavy atom. The topological polar surface area (TPSA) is 94.2 Å². The quantitative estimate of drug-likeness (QED) is 0.501. The van der Waals surface area contributed by atoms with Crippen LogP contribution in [0.1, 0.15) is 12.6 Å². The number of halogens is 1. The number of epoxide rings is 2. The van der Waals surface area contributed by atoms with E-state index in [0.717, 1.165) is 4.57 Å². The highest BCUT2D eigenvalue weighted by Crippen LogP contribution is 2.13. The highest BCUT2D eigenvalue weighted by atomic mass is 35.5. The van der Waals surface area contributed by atoms with Crippen molar-refractivity contribution in [1.82, 2.24) is 13.9 Å². The molecule has 3 atom stereocenters. The molecule has 0 bridgehead atoms. The van der Waals surface area contributed by atoms with Gasteiger partial charge in [-0.1, -0.05) is 0 Å². The van der Waals surface area contributed by atoms with Gasteiger partial charge in [0, 0.05) is 12.3 Å². The van der Waals surface area contributed by atoms with Crippen LogP contribution in [0.3, 0.4) is 0 Å². The Balaban J connectivity index is 1.98. The number of nitrogens with zero attached hydrogens (tertiary/aromatic N) is 3. The van der Waals surface area contributed by atoms with Gasteiger partial charge in [0.15, 0.2) is 0 Å². The molecule has 2 aliphatic rings. The second kappa shape index (κ2) is 5.36. The zero-order valence-corrected chi connectivity index (χ0v) is 11.5. The lowest BCUT2D eigenvalue weighted by Gasteiger charge is -2.06. The van der Waals surface area contributed by atoms with Gasteiger partial charge in [-0.3, -0.25) is 0 Å². The second-order valence-corrected chi connectivity index (χ2v) is 5.35. The highest BCUT2D eigenvalue weighted by Gasteiger charge is 2.31. The predicted molar refractivity (Wildman–Crippen MR) is 69.0 cm³/mol. The van der Waals surface area contributed by atoms with Crippen molar-refractivity contribution in [3.05, 3.63) is 21.0 Å². The number of rotatable bonds is 7. The normalized spacial score (nSPS) is 25.7. The van der Waals surface area contributed by atoms with E-state index in [-0.39, 0.29) is 24.5 Å². The average molecular weight is 306 g/mol. The molecule has 0 saturated carbocycles. The van der Waals surface area contributed by atoms with Crippen LogP contribution in [0.15, 0.2) is 9.59 Å². The van der Waals surface area contributed by atoms with Crippen LogP contribution in [0, 0.1) is 0 Å². The van der Waals surface area contributed by atoms with E-state index in [4.69, 9.17) is 21.1 Å². The molecule has 112 valence electrons. The predicted octanol–water partition coefficient (Wildman–Crippen LogP) is -1.27. The minimum absolute atomic E-state index is 0.0421. The highest BCUT2D eigenvalue weighted by molar-refractivity contribution is 6.17.